The van der Waals surface area contributed by atoms with Gasteiger partial charge in [-0.1, -0.05) is 0 Å². The molecule has 0 aromatic heterocycles. The molecule has 0 aromatic carbocycles. The number of aliphatic hydroxyl groups is 1. The van der Waals surface area contributed by atoms with Crippen LogP contribution < -0.4 is 10.8 Å². The van der Waals surface area contributed by atoms with Crippen LogP contribution in [0.1, 0.15) is 0 Å². The van der Waals surface area contributed by atoms with Crippen molar-refractivity contribution in [1.29, 1.82) is 0 Å². The van der Waals surface area contributed by atoms with Crippen molar-refractivity contribution < 1.29 is 15.1 Å². The summed E-state index contributed by atoms with van der Waals surface area (Å²) in [7, 11) is 1.51. The molecule has 1 unspecified atom stereocenters. The average Bonchev–Trinajstić information content (AvgIpc) is 1.90. The molecule has 0 fully saturated rings. The molecule has 4 N–H and O–H groups in total. The molecule has 0 aliphatic rings. The van der Waals surface area contributed by atoms with Gasteiger partial charge in [0.15, 0.2) is 0 Å². The van der Waals surface area contributed by atoms with E-state index in [2.05, 4.69) is 5.32 Å². The van der Waals surface area contributed by atoms with Crippen molar-refractivity contribution in [3.8, 4) is 0 Å². The molecule has 5 nitrogen and oxygen atoms in total. The smallest absolute Gasteiger partial charge is 0.262 e. The number of hydrogen-bond acceptors (Lipinski definition) is 4. The van der Waals surface area contributed by atoms with E-state index in [-0.39, 0.29) is 6.61 Å². The Morgan fingerprint density at radius 3 is 2.44 bits per heavy atom. The summed E-state index contributed by atoms with van der Waals surface area (Å²) in [6, 6.07) is -0.727. The Kier molecular flexibility index (Phi) is 3.94. The summed E-state index contributed by atoms with van der Waals surface area (Å²) in [4.78, 5) is 10.4. The van der Waals surface area contributed by atoms with Crippen LogP contribution in [0, 0.1) is 0 Å². The lowest BCUT2D eigenvalue weighted by atomic mass is 10.3. The van der Waals surface area contributed by atoms with Crippen molar-refractivity contribution in [2.45, 2.75) is 6.04 Å². The van der Waals surface area contributed by atoms with E-state index in [1.54, 1.807) is 0 Å². The predicted octanol–water partition coefficient (Wildman–Crippen LogP) is -1.93. The Hall–Kier alpha value is -0.650. The number of carbonyl (C=O) groups excluding carboxylic acids is 1. The Morgan fingerprint density at radius 2 is 2.33 bits per heavy atom. The first kappa shape index (κ1) is 8.35. The summed E-state index contributed by atoms with van der Waals surface area (Å²) in [6.45, 7) is -0.330. The van der Waals surface area contributed by atoms with Crippen LogP contribution in [0.3, 0.4) is 0 Å². The van der Waals surface area contributed by atoms with Gasteiger partial charge in [0.1, 0.15) is 6.04 Å². The molecule has 1 amide bonds. The summed E-state index contributed by atoms with van der Waals surface area (Å²) in [5, 5.41) is 18.9. The van der Waals surface area contributed by atoms with Gasteiger partial charge in [-0.15, -0.1) is 0 Å². The van der Waals surface area contributed by atoms with Gasteiger partial charge in [-0.25, -0.2) is 5.48 Å². The summed E-state index contributed by atoms with van der Waals surface area (Å²) >= 11 is 0. The molecule has 0 rings (SSSR count). The number of nitrogens with one attached hydrogen (secondary N) is 2. The fourth-order valence-electron chi connectivity index (χ4n) is 0.383. The van der Waals surface area contributed by atoms with E-state index < -0.39 is 11.9 Å². The van der Waals surface area contributed by atoms with E-state index in [0.717, 1.165) is 0 Å². The Balaban J connectivity index is 3.64. The van der Waals surface area contributed by atoms with Crippen LogP contribution in [0.25, 0.3) is 0 Å². The van der Waals surface area contributed by atoms with Gasteiger partial charge in [0.2, 0.25) is 0 Å². The van der Waals surface area contributed by atoms with Crippen LogP contribution in [0.2, 0.25) is 0 Å². The van der Waals surface area contributed by atoms with Crippen molar-refractivity contribution in [2.75, 3.05) is 13.7 Å². The molecule has 5 heteroatoms. The highest BCUT2D eigenvalue weighted by atomic mass is 16.5. The molecule has 0 heterocycles. The topological polar surface area (TPSA) is 81.6 Å². The van der Waals surface area contributed by atoms with Gasteiger partial charge >= 0.3 is 0 Å². The molecule has 0 radical (unpaired) electrons. The second-order valence-corrected chi connectivity index (χ2v) is 1.50. The zero-order valence-corrected chi connectivity index (χ0v) is 5.09. The number of aliphatic hydroxyl groups excluding tert-OH is 1. The van der Waals surface area contributed by atoms with Gasteiger partial charge in [-0.05, 0) is 7.05 Å². The van der Waals surface area contributed by atoms with Crippen LogP contribution >= 0.6 is 0 Å². The zero-order chi connectivity index (χ0) is 7.28. The molecule has 0 saturated heterocycles. The van der Waals surface area contributed by atoms with Gasteiger partial charge in [0.05, 0.1) is 6.61 Å². The molecule has 9 heavy (non-hydrogen) atoms. The molecular formula is C4H10N2O3. The minimum absolute atomic E-state index is 0.330. The van der Waals surface area contributed by atoms with Gasteiger partial charge in [-0.2, -0.15) is 0 Å². The van der Waals surface area contributed by atoms with Crippen molar-refractivity contribution in [1.82, 2.24) is 10.8 Å². The summed E-state index contributed by atoms with van der Waals surface area (Å²) < 4.78 is 0. The van der Waals surface area contributed by atoms with Crippen molar-refractivity contribution >= 4 is 5.91 Å². The van der Waals surface area contributed by atoms with E-state index >= 15 is 0 Å². The van der Waals surface area contributed by atoms with E-state index in [0.29, 0.717) is 0 Å². The third kappa shape index (κ3) is 2.41. The van der Waals surface area contributed by atoms with Crippen LogP contribution in [0.15, 0.2) is 0 Å². The van der Waals surface area contributed by atoms with Crippen molar-refractivity contribution in [3.05, 3.63) is 0 Å². The highest BCUT2D eigenvalue weighted by Gasteiger charge is 2.12. The molecule has 0 saturated carbocycles. The first-order valence-electron chi connectivity index (χ1n) is 2.48. The van der Waals surface area contributed by atoms with Crippen LogP contribution in [-0.2, 0) is 4.79 Å². The van der Waals surface area contributed by atoms with E-state index in [1.807, 2.05) is 0 Å². The highest BCUT2D eigenvalue weighted by Crippen LogP contribution is 1.77. The number of rotatable bonds is 3. The molecule has 0 spiro atoms. The molecule has 54 valence electrons. The Labute approximate surface area is 52.6 Å². The minimum atomic E-state index is -0.727. The second-order valence-electron chi connectivity index (χ2n) is 1.50. The standard InChI is InChI=1S/C4H10N2O3/c1-5-3(2-7)4(8)6-9/h3,5,7,9H,2H2,1H3,(H,6,8). The molecule has 0 aromatic rings. The number of amides is 1. The summed E-state index contributed by atoms with van der Waals surface area (Å²) in [5.74, 6) is -0.639. The Morgan fingerprint density at radius 1 is 1.78 bits per heavy atom. The Bertz CT molecular complexity index is 91.8. The fourth-order valence-corrected chi connectivity index (χ4v) is 0.383. The lowest BCUT2D eigenvalue weighted by Gasteiger charge is -2.08. The second kappa shape index (κ2) is 4.25. The third-order valence-electron chi connectivity index (χ3n) is 0.958. The largest absolute Gasteiger partial charge is 0.394 e. The van der Waals surface area contributed by atoms with E-state index in [4.69, 9.17) is 10.3 Å². The minimum Gasteiger partial charge on any atom is -0.394 e. The number of hydroxylamine groups is 1. The fraction of sp³-hybridized carbons (Fsp3) is 0.750. The van der Waals surface area contributed by atoms with Gasteiger partial charge in [0.25, 0.3) is 5.91 Å². The first-order valence-corrected chi connectivity index (χ1v) is 2.48. The summed E-state index contributed by atoms with van der Waals surface area (Å²) in [5.41, 5.74) is 1.41. The maximum Gasteiger partial charge on any atom is 0.262 e. The van der Waals surface area contributed by atoms with Crippen LogP contribution in [0.5, 0.6) is 0 Å². The van der Waals surface area contributed by atoms with E-state index in [9.17, 15) is 4.79 Å². The third-order valence-corrected chi connectivity index (χ3v) is 0.958. The van der Waals surface area contributed by atoms with Gasteiger partial charge < -0.3 is 10.4 Å². The number of carbonyl (C=O) groups is 1. The molecule has 0 bridgehead atoms. The van der Waals surface area contributed by atoms with Gasteiger partial charge in [0, 0.05) is 0 Å². The normalized spacial score (nSPS) is 12.8. The maximum absolute atomic E-state index is 10.4. The molecule has 1 atom stereocenters. The molecule has 0 aliphatic carbocycles. The highest BCUT2D eigenvalue weighted by molar-refractivity contribution is 5.80. The van der Waals surface area contributed by atoms with Crippen molar-refractivity contribution in [3.63, 3.8) is 0 Å². The maximum atomic E-state index is 10.4. The number of likely N-dealkylation sites (N-methyl/N-ethyl adjacent to an activating group) is 1. The SMILES string of the molecule is CNC(CO)C(=O)NO. The lowest BCUT2D eigenvalue weighted by molar-refractivity contribution is -0.132. The number of hydrogen-bond donors (Lipinski definition) is 4. The van der Waals surface area contributed by atoms with Crippen LogP contribution in [-0.4, -0.2) is 35.9 Å². The average molecular weight is 134 g/mol. The van der Waals surface area contributed by atoms with Crippen molar-refractivity contribution in [2.24, 2.45) is 0 Å². The quantitative estimate of drug-likeness (QED) is 0.268. The predicted molar refractivity (Wildman–Crippen MR) is 29.9 cm³/mol. The van der Waals surface area contributed by atoms with Gasteiger partial charge in [-0.3, -0.25) is 10.0 Å². The van der Waals surface area contributed by atoms with E-state index in [1.165, 1.54) is 12.5 Å². The molecular weight excluding hydrogens is 124 g/mol. The monoisotopic (exact) mass is 134 g/mol. The first-order chi connectivity index (χ1) is 4.26. The zero-order valence-electron chi connectivity index (χ0n) is 5.09. The lowest BCUT2D eigenvalue weighted by Crippen LogP contribution is -2.43. The molecule has 0 aliphatic heterocycles. The summed E-state index contributed by atoms with van der Waals surface area (Å²) in [6.07, 6.45) is 0. The van der Waals surface area contributed by atoms with Crippen LogP contribution in [0.4, 0.5) is 0 Å².